The van der Waals surface area contributed by atoms with Crippen LogP contribution in [-0.2, 0) is 9.53 Å². The minimum absolute atomic E-state index is 0.327. The Labute approximate surface area is 127 Å². The van der Waals surface area contributed by atoms with Gasteiger partial charge in [0.2, 0.25) is 0 Å². The number of hydrogen-bond donors (Lipinski definition) is 0. The molecule has 0 N–H and O–H groups in total. The Morgan fingerprint density at radius 1 is 1.43 bits per heavy atom. The zero-order valence-corrected chi connectivity index (χ0v) is 12.4. The average molecular weight is 308 g/mol. The van der Waals surface area contributed by atoms with Gasteiger partial charge in [-0.2, -0.15) is 0 Å². The summed E-state index contributed by atoms with van der Waals surface area (Å²) < 4.78 is 11.3. The second-order valence-electron chi connectivity index (χ2n) is 4.00. The summed E-state index contributed by atoms with van der Waals surface area (Å²) >= 11 is 6.01. The molecule has 7 heteroatoms. The monoisotopic (exact) mass is 307 g/mol. The molecule has 2 rings (SSSR count). The molecule has 0 atom stereocenters. The van der Waals surface area contributed by atoms with Crippen LogP contribution in [0.3, 0.4) is 0 Å². The van der Waals surface area contributed by atoms with Crippen molar-refractivity contribution >= 4 is 23.8 Å². The first-order valence-electron chi connectivity index (χ1n) is 6.23. The quantitative estimate of drug-likeness (QED) is 0.627. The first-order valence-corrected chi connectivity index (χ1v) is 6.61. The van der Waals surface area contributed by atoms with E-state index in [1.165, 1.54) is 23.3 Å². The third kappa shape index (κ3) is 4.06. The van der Waals surface area contributed by atoms with Crippen molar-refractivity contribution in [1.82, 2.24) is 14.8 Å². The normalized spacial score (nSPS) is 10.8. The molecule has 110 valence electrons. The number of rotatable bonds is 5. The smallest absolute Gasteiger partial charge is 0.332 e. The number of esters is 1. The fourth-order valence-electron chi connectivity index (χ4n) is 1.62. The molecular formula is C14H14ClN3O3. The van der Waals surface area contributed by atoms with E-state index in [1.54, 1.807) is 32.2 Å². The third-order valence-corrected chi connectivity index (χ3v) is 2.74. The summed E-state index contributed by atoms with van der Waals surface area (Å²) in [6.07, 6.45) is 4.23. The summed E-state index contributed by atoms with van der Waals surface area (Å²) in [4.78, 5) is 15.4. The van der Waals surface area contributed by atoms with E-state index < -0.39 is 5.97 Å². The van der Waals surface area contributed by atoms with Gasteiger partial charge in [-0.15, -0.1) is 5.10 Å². The lowest BCUT2D eigenvalue weighted by Crippen LogP contribution is -2.00. The van der Waals surface area contributed by atoms with Crippen molar-refractivity contribution in [2.45, 2.75) is 6.92 Å². The second-order valence-corrected chi connectivity index (χ2v) is 4.43. The molecule has 0 spiro atoms. The summed E-state index contributed by atoms with van der Waals surface area (Å²) in [7, 11) is 1.56. The number of methoxy groups -OCH3 is 1. The molecule has 0 aliphatic carbocycles. The molecule has 1 aromatic carbocycles. The highest BCUT2D eigenvalue weighted by Gasteiger charge is 2.07. The zero-order valence-electron chi connectivity index (χ0n) is 11.6. The number of carbonyl (C=O) groups is 1. The molecule has 1 heterocycles. The number of ether oxygens (including phenoxy) is 2. The van der Waals surface area contributed by atoms with Crippen molar-refractivity contribution in [1.29, 1.82) is 0 Å². The highest BCUT2D eigenvalue weighted by Crippen LogP contribution is 2.26. The van der Waals surface area contributed by atoms with Crippen molar-refractivity contribution in [3.8, 4) is 17.1 Å². The Morgan fingerprint density at radius 3 is 2.95 bits per heavy atom. The first kappa shape index (κ1) is 15.1. The standard InChI is InChI=1S/C14H14ClN3O3/c1-3-21-13(19)4-5-18-9-16-14(17-18)10-6-11(15)8-12(7-10)20-2/h4-9H,3H2,1-2H3. The average Bonchev–Trinajstić information content (AvgIpc) is 2.93. The van der Waals surface area contributed by atoms with Gasteiger partial charge in [-0.05, 0) is 25.1 Å². The second kappa shape index (κ2) is 6.90. The SMILES string of the molecule is CCOC(=O)C=Cn1cnc(-c2cc(Cl)cc(OC)c2)n1. The Bertz CT molecular complexity index is 667. The van der Waals surface area contributed by atoms with Crippen LogP contribution in [0.4, 0.5) is 0 Å². The van der Waals surface area contributed by atoms with Crippen LogP contribution in [-0.4, -0.2) is 34.5 Å². The molecular weight excluding hydrogens is 294 g/mol. The molecule has 0 fully saturated rings. The van der Waals surface area contributed by atoms with Gasteiger partial charge in [-0.1, -0.05) is 11.6 Å². The van der Waals surface area contributed by atoms with Crippen LogP contribution in [0.5, 0.6) is 5.75 Å². The summed E-state index contributed by atoms with van der Waals surface area (Å²) in [5.41, 5.74) is 0.725. The van der Waals surface area contributed by atoms with Crippen molar-refractivity contribution in [2.24, 2.45) is 0 Å². The van der Waals surface area contributed by atoms with Gasteiger partial charge in [0, 0.05) is 22.9 Å². The van der Waals surface area contributed by atoms with Gasteiger partial charge in [-0.25, -0.2) is 14.5 Å². The molecule has 0 bridgehead atoms. The van der Waals surface area contributed by atoms with Gasteiger partial charge < -0.3 is 9.47 Å². The minimum atomic E-state index is -0.432. The molecule has 0 unspecified atom stereocenters. The van der Waals surface area contributed by atoms with E-state index in [-0.39, 0.29) is 0 Å². The Kier molecular flexibility index (Phi) is 4.94. The van der Waals surface area contributed by atoms with Crippen molar-refractivity contribution in [2.75, 3.05) is 13.7 Å². The van der Waals surface area contributed by atoms with Crippen LogP contribution < -0.4 is 4.74 Å². The molecule has 2 aromatic rings. The Balaban J connectivity index is 2.20. The largest absolute Gasteiger partial charge is 0.497 e. The Morgan fingerprint density at radius 2 is 2.24 bits per heavy atom. The highest BCUT2D eigenvalue weighted by atomic mass is 35.5. The fraction of sp³-hybridized carbons (Fsp3) is 0.214. The predicted octanol–water partition coefficient (Wildman–Crippen LogP) is 2.64. The minimum Gasteiger partial charge on any atom is -0.497 e. The van der Waals surface area contributed by atoms with E-state index in [4.69, 9.17) is 21.1 Å². The molecule has 21 heavy (non-hydrogen) atoms. The van der Waals surface area contributed by atoms with Gasteiger partial charge in [0.05, 0.1) is 13.7 Å². The number of halogens is 1. The highest BCUT2D eigenvalue weighted by molar-refractivity contribution is 6.31. The van der Waals surface area contributed by atoms with E-state index >= 15 is 0 Å². The summed E-state index contributed by atoms with van der Waals surface area (Å²) in [5.74, 6) is 0.666. The van der Waals surface area contributed by atoms with Crippen LogP contribution >= 0.6 is 11.6 Å². The van der Waals surface area contributed by atoms with Crippen molar-refractivity contribution in [3.05, 3.63) is 35.6 Å². The molecule has 0 aliphatic rings. The van der Waals surface area contributed by atoms with Crippen LogP contribution in [0.25, 0.3) is 17.6 Å². The van der Waals surface area contributed by atoms with Crippen molar-refractivity contribution in [3.63, 3.8) is 0 Å². The molecule has 0 aliphatic heterocycles. The lowest BCUT2D eigenvalue weighted by molar-refractivity contribution is -0.137. The number of carbonyl (C=O) groups excluding carboxylic acids is 1. The van der Waals surface area contributed by atoms with Crippen LogP contribution in [0, 0.1) is 0 Å². The number of hydrogen-bond acceptors (Lipinski definition) is 5. The maximum absolute atomic E-state index is 11.2. The van der Waals surface area contributed by atoms with Crippen LogP contribution in [0.15, 0.2) is 30.6 Å². The third-order valence-electron chi connectivity index (χ3n) is 2.52. The topological polar surface area (TPSA) is 66.2 Å². The first-order chi connectivity index (χ1) is 10.1. The van der Waals surface area contributed by atoms with E-state index in [1.807, 2.05) is 0 Å². The van der Waals surface area contributed by atoms with Gasteiger partial charge in [-0.3, -0.25) is 0 Å². The van der Waals surface area contributed by atoms with Gasteiger partial charge in [0.1, 0.15) is 12.1 Å². The molecule has 6 nitrogen and oxygen atoms in total. The summed E-state index contributed by atoms with van der Waals surface area (Å²) in [6.45, 7) is 2.07. The number of nitrogens with zero attached hydrogens (tertiary/aromatic N) is 3. The number of aromatic nitrogens is 3. The fourth-order valence-corrected chi connectivity index (χ4v) is 1.84. The van der Waals surface area contributed by atoms with Crippen molar-refractivity contribution < 1.29 is 14.3 Å². The van der Waals surface area contributed by atoms with Crippen LogP contribution in [0.1, 0.15) is 6.92 Å². The molecule has 1 aromatic heterocycles. The predicted molar refractivity (Wildman–Crippen MR) is 79.0 cm³/mol. The van der Waals surface area contributed by atoms with E-state index in [0.29, 0.717) is 23.2 Å². The summed E-state index contributed by atoms with van der Waals surface area (Å²) in [6, 6.07) is 5.21. The Hall–Kier alpha value is -2.34. The summed E-state index contributed by atoms with van der Waals surface area (Å²) in [5, 5.41) is 4.76. The van der Waals surface area contributed by atoms with Gasteiger partial charge in [0.25, 0.3) is 0 Å². The molecule has 0 amide bonds. The maximum atomic E-state index is 11.2. The van der Waals surface area contributed by atoms with E-state index in [9.17, 15) is 4.79 Å². The molecule has 0 saturated carbocycles. The van der Waals surface area contributed by atoms with E-state index in [0.717, 1.165) is 5.56 Å². The van der Waals surface area contributed by atoms with Crippen LogP contribution in [0.2, 0.25) is 5.02 Å². The van der Waals surface area contributed by atoms with Gasteiger partial charge in [0.15, 0.2) is 5.82 Å². The maximum Gasteiger partial charge on any atom is 0.332 e. The molecule has 0 radical (unpaired) electrons. The van der Waals surface area contributed by atoms with Gasteiger partial charge >= 0.3 is 5.97 Å². The number of benzene rings is 1. The molecule has 0 saturated heterocycles. The van der Waals surface area contributed by atoms with E-state index in [2.05, 4.69) is 10.1 Å². The zero-order chi connectivity index (χ0) is 15.2. The lowest BCUT2D eigenvalue weighted by Gasteiger charge is -2.02. The lowest BCUT2D eigenvalue weighted by atomic mass is 10.2.